The molecule has 0 aliphatic heterocycles. The monoisotopic (exact) mass is 941 g/mol. The summed E-state index contributed by atoms with van der Waals surface area (Å²) in [6, 6.07) is 4.37. The minimum absolute atomic E-state index is 0.160. The number of non-ortho nitro benzene ring substituents is 1. The predicted molar refractivity (Wildman–Crippen MR) is 196 cm³/mol. The van der Waals surface area contributed by atoms with E-state index in [1.165, 1.54) is 0 Å². The van der Waals surface area contributed by atoms with Crippen molar-refractivity contribution in [1.82, 2.24) is 0 Å². The van der Waals surface area contributed by atoms with E-state index in [-0.39, 0.29) is 34.8 Å². The van der Waals surface area contributed by atoms with E-state index in [9.17, 15) is 97.5 Å². The summed E-state index contributed by atoms with van der Waals surface area (Å²) in [6.07, 6.45) is -0.578. The number of nitro groups is 1. The molecule has 6 N–H and O–H groups in total. The number of hydrogen-bond donors (Lipinski definition) is 6. The van der Waals surface area contributed by atoms with Gasteiger partial charge in [0.2, 0.25) is 12.8 Å². The first-order valence-electron chi connectivity index (χ1n) is 14.6. The van der Waals surface area contributed by atoms with Crippen LogP contribution in [0, 0.1) is 10.1 Å². The fourth-order valence-electron chi connectivity index (χ4n) is 5.66. The molecule has 0 aliphatic carbocycles. The molecule has 0 radical (unpaired) electrons. The summed E-state index contributed by atoms with van der Waals surface area (Å²) in [4.78, 5) is 29.2. The second-order valence-electron chi connectivity index (χ2n) is 11.7. The number of nitro benzene ring substituents is 1. The molecule has 0 saturated carbocycles. The van der Waals surface area contributed by atoms with Gasteiger partial charge in [0, 0.05) is 22.9 Å². The third kappa shape index (κ3) is 8.89. The first-order valence-corrected chi connectivity index (χ1v) is 23.3. The summed E-state index contributed by atoms with van der Waals surface area (Å²) in [6.45, 7) is 0. The quantitative estimate of drug-likeness (QED) is 0.0425. The average molecular weight is 942 g/mol. The van der Waals surface area contributed by atoms with Crippen LogP contribution in [0.3, 0.4) is 0 Å². The topological polar surface area (TPSA) is 410 Å². The van der Waals surface area contributed by atoms with Crippen molar-refractivity contribution in [2.24, 2.45) is 0 Å². The van der Waals surface area contributed by atoms with Crippen LogP contribution in [0.25, 0.3) is 21.5 Å². The van der Waals surface area contributed by atoms with E-state index in [1.807, 2.05) is 0 Å². The van der Waals surface area contributed by atoms with E-state index >= 15 is 0 Å². The number of benzene rings is 5. The number of hydrogen-bond acceptors (Lipinski definition) is 16. The Morgan fingerprint density at radius 1 is 0.441 bits per heavy atom. The van der Waals surface area contributed by atoms with Crippen molar-refractivity contribution in [3.8, 4) is 0 Å². The van der Waals surface area contributed by atoms with Crippen LogP contribution in [-0.4, -0.2) is 95.6 Å². The summed E-state index contributed by atoms with van der Waals surface area (Å²) in [7, 11) is -32.8. The molecule has 59 heavy (non-hydrogen) atoms. The zero-order valence-electron chi connectivity index (χ0n) is 28.0. The molecule has 5 aromatic carbocycles. The van der Waals surface area contributed by atoms with Gasteiger partial charge in [0.1, 0.15) is 9.79 Å². The van der Waals surface area contributed by atoms with E-state index in [0.717, 1.165) is 0 Å². The lowest BCUT2D eigenvalue weighted by Gasteiger charge is -2.25. The molecular weight excluding hydrogens is 923 g/mol. The number of amides is 2. The van der Waals surface area contributed by atoms with Crippen molar-refractivity contribution in [3.63, 3.8) is 0 Å². The van der Waals surface area contributed by atoms with Crippen LogP contribution in [0.5, 0.6) is 0 Å². The third-order valence-electron chi connectivity index (χ3n) is 8.01. The van der Waals surface area contributed by atoms with Gasteiger partial charge in [-0.25, -0.2) is 0 Å². The molecule has 0 atom stereocenters. The molecule has 0 aromatic heterocycles. The van der Waals surface area contributed by atoms with Gasteiger partial charge < -0.3 is 0 Å². The van der Waals surface area contributed by atoms with Gasteiger partial charge >= 0.3 is 0 Å². The first kappa shape index (κ1) is 44.5. The smallest absolute Gasteiger partial charge is 0.283 e. The maximum absolute atomic E-state index is 12.9. The predicted octanol–water partition coefficient (Wildman–Crippen LogP) is 1.97. The molecule has 25 nitrogen and oxygen atoms in total. The van der Waals surface area contributed by atoms with Gasteiger partial charge in [-0.05, 0) is 65.4 Å². The summed E-state index contributed by atoms with van der Waals surface area (Å²) < 4.78 is 207. The molecule has 5 aromatic rings. The van der Waals surface area contributed by atoms with E-state index in [4.69, 9.17) is 0 Å². The number of nitrogens with zero attached hydrogens (tertiary/aromatic N) is 3. The number of anilines is 4. The van der Waals surface area contributed by atoms with Crippen molar-refractivity contribution >= 4 is 124 Å². The highest BCUT2D eigenvalue weighted by atomic mass is 32.2. The molecule has 0 fully saturated rings. The number of rotatable bonds is 13. The van der Waals surface area contributed by atoms with Crippen molar-refractivity contribution in [2.75, 3.05) is 9.80 Å². The summed E-state index contributed by atoms with van der Waals surface area (Å²) in [5.74, 6) is 0. The number of carbonyl (C=O) groups excluding carboxylic acids is 2. The fourth-order valence-corrected chi connectivity index (χ4v) is 9.48. The second kappa shape index (κ2) is 14.6. The Bertz CT molecular complexity index is 3180. The van der Waals surface area contributed by atoms with Crippen LogP contribution in [-0.2, 0) is 70.3 Å². The highest BCUT2D eigenvalue weighted by molar-refractivity contribution is 7.87. The van der Waals surface area contributed by atoms with Crippen molar-refractivity contribution < 1.29 is 92.3 Å². The van der Waals surface area contributed by atoms with Gasteiger partial charge in [-0.2, -0.15) is 50.5 Å². The van der Waals surface area contributed by atoms with Gasteiger partial charge in [-0.3, -0.25) is 56.8 Å². The van der Waals surface area contributed by atoms with Gasteiger partial charge in [-0.15, -0.1) is 0 Å². The molecular formula is C28H19N3O22S6. The largest absolute Gasteiger partial charge is 0.295 e. The zero-order valence-corrected chi connectivity index (χ0v) is 32.9. The fraction of sp³-hybridized carbons (Fsp3) is 0. The number of fused-ring (bicyclic) bond motifs is 2. The van der Waals surface area contributed by atoms with E-state index in [0.29, 0.717) is 54.6 Å². The van der Waals surface area contributed by atoms with Crippen LogP contribution in [0.15, 0.2) is 96.1 Å². The number of carbonyl (C=O) groups is 2. The Hall–Kier alpha value is -5.58. The van der Waals surface area contributed by atoms with Gasteiger partial charge in [0.05, 0.1) is 47.3 Å². The maximum atomic E-state index is 12.9. The summed E-state index contributed by atoms with van der Waals surface area (Å²) in [5.41, 5.74) is -4.97. The molecule has 0 unspecified atom stereocenters. The molecule has 0 saturated heterocycles. The molecule has 2 amide bonds. The molecule has 31 heteroatoms. The molecule has 0 heterocycles. The minimum Gasteiger partial charge on any atom is -0.283 e. The average Bonchev–Trinajstić information content (AvgIpc) is 3.08. The second-order valence-corrected chi connectivity index (χ2v) is 20.2. The molecule has 0 bridgehead atoms. The Balaban J connectivity index is 1.97. The normalized spacial score (nSPS) is 13.0. The molecule has 0 aliphatic rings. The SMILES string of the molecule is O=CN(c1cc(N(C=O)c2cc(S(=O)(=O)O)cc3cc(S(=O)(=O)O)cc(S(=O)(=O)O)c23)cc([N+](=O)[O-])c1)c1cc(S(=O)(=O)O)cc2cc(S(=O)(=O)O)cc(S(=O)(=O)O)c12. The van der Waals surface area contributed by atoms with E-state index < -0.39 is 145 Å². The minimum atomic E-state index is -5.64. The first-order chi connectivity index (χ1) is 26.8. The zero-order chi connectivity index (χ0) is 44.6. The highest BCUT2D eigenvalue weighted by Gasteiger charge is 2.31. The Morgan fingerprint density at radius 3 is 0.966 bits per heavy atom. The van der Waals surface area contributed by atoms with Crippen LogP contribution >= 0.6 is 0 Å². The van der Waals surface area contributed by atoms with Crippen LogP contribution in [0.2, 0.25) is 0 Å². The van der Waals surface area contributed by atoms with Gasteiger partial charge in [0.25, 0.3) is 66.4 Å². The maximum Gasteiger partial charge on any atom is 0.295 e. The van der Waals surface area contributed by atoms with Crippen molar-refractivity contribution in [1.29, 1.82) is 0 Å². The Kier molecular flexibility index (Phi) is 11.0. The van der Waals surface area contributed by atoms with Crippen molar-refractivity contribution in [2.45, 2.75) is 29.4 Å². The lowest BCUT2D eigenvalue weighted by atomic mass is 10.1. The summed E-state index contributed by atoms with van der Waals surface area (Å²) in [5, 5.41) is 8.63. The van der Waals surface area contributed by atoms with E-state index in [1.54, 1.807) is 0 Å². The van der Waals surface area contributed by atoms with Gasteiger partial charge in [0.15, 0.2) is 0 Å². The lowest BCUT2D eigenvalue weighted by molar-refractivity contribution is -0.384. The van der Waals surface area contributed by atoms with Crippen LogP contribution in [0.4, 0.5) is 28.4 Å². The van der Waals surface area contributed by atoms with Crippen LogP contribution in [0.1, 0.15) is 0 Å². The Morgan fingerprint density at radius 2 is 0.729 bits per heavy atom. The third-order valence-corrected chi connectivity index (χ3v) is 13.1. The molecule has 0 spiro atoms. The standard InChI is InChI=1S/C28H19N3O22S6/c32-12-29(23-8-19(54(36,37)38)1-14-3-21(56(42,43)44)10-25(27(14)23)58(48,49)50)16-5-17(7-18(6-16)31(34)35)30(13-33)24-9-20(55(39,40)41)2-15-4-22(57(45,46)47)11-26(28(15)24)59(51,52)53/h1-13H,(H,36,37,38)(H,39,40,41)(H,42,43,44)(H,45,46,47)(H,48,49,50)(H,51,52,53). The molecule has 5 rings (SSSR count). The lowest BCUT2D eigenvalue weighted by Crippen LogP contribution is -2.20. The van der Waals surface area contributed by atoms with Crippen molar-refractivity contribution in [3.05, 3.63) is 76.8 Å². The van der Waals surface area contributed by atoms with Crippen LogP contribution < -0.4 is 9.80 Å². The van der Waals surface area contributed by atoms with Gasteiger partial charge in [-0.1, -0.05) is 0 Å². The summed E-state index contributed by atoms with van der Waals surface area (Å²) >= 11 is 0. The van der Waals surface area contributed by atoms with E-state index in [2.05, 4.69) is 0 Å². The highest BCUT2D eigenvalue weighted by Crippen LogP contribution is 2.44. The Labute approximate surface area is 330 Å². The molecule has 314 valence electrons.